The van der Waals surface area contributed by atoms with Gasteiger partial charge in [-0.1, -0.05) is 48.0 Å². The summed E-state index contributed by atoms with van der Waals surface area (Å²) in [6, 6.07) is 16.7. The van der Waals surface area contributed by atoms with E-state index in [1.807, 2.05) is 24.3 Å². The fourth-order valence-electron chi connectivity index (χ4n) is 2.49. The van der Waals surface area contributed by atoms with Crippen LogP contribution < -0.4 is 15.4 Å². The van der Waals surface area contributed by atoms with Gasteiger partial charge in [0.1, 0.15) is 5.75 Å². The van der Waals surface area contributed by atoms with Gasteiger partial charge in [-0.2, -0.15) is 0 Å². The van der Waals surface area contributed by atoms with Crippen molar-refractivity contribution >= 4 is 17.3 Å². The summed E-state index contributed by atoms with van der Waals surface area (Å²) in [5, 5.41) is 7.25. The Kier molecular flexibility index (Phi) is 6.41. The van der Waals surface area contributed by atoms with Crippen LogP contribution in [-0.4, -0.2) is 18.8 Å². The zero-order valence-electron chi connectivity index (χ0n) is 13.9. The van der Waals surface area contributed by atoms with Crippen LogP contribution in [0.2, 0.25) is 0 Å². The molecule has 2 aromatic rings. The molecule has 0 bridgehead atoms. The summed E-state index contributed by atoms with van der Waals surface area (Å²) in [5.74, 6) is 0.925. The van der Waals surface area contributed by atoms with Crippen molar-refractivity contribution in [1.29, 1.82) is 0 Å². The van der Waals surface area contributed by atoms with Crippen molar-refractivity contribution in [3.05, 3.63) is 65.2 Å². The molecule has 0 aromatic heterocycles. The summed E-state index contributed by atoms with van der Waals surface area (Å²) in [4.78, 5) is 0. The fraction of sp³-hybridized carbons (Fsp3) is 0.316. The van der Waals surface area contributed by atoms with E-state index in [4.69, 9.17) is 17.0 Å². The highest BCUT2D eigenvalue weighted by Gasteiger charge is 2.07. The van der Waals surface area contributed by atoms with Crippen molar-refractivity contribution in [2.45, 2.75) is 26.3 Å². The monoisotopic (exact) mass is 328 g/mol. The van der Waals surface area contributed by atoms with Crippen LogP contribution >= 0.6 is 12.2 Å². The molecule has 0 aliphatic carbocycles. The largest absolute Gasteiger partial charge is 0.496 e. The predicted octanol–water partition coefficient (Wildman–Crippen LogP) is 3.77. The molecule has 0 saturated heterocycles. The minimum absolute atomic E-state index is 0.185. The standard InChI is InChI=1S/C19H24N2OS/c1-14-9-10-18(22-3)17(13-14)11-12-20-19(23)21-15(2)16-7-5-4-6-8-16/h4-10,13,15H,11-12H2,1-3H3,(H2,20,21,23). The molecule has 1 unspecified atom stereocenters. The molecule has 1 atom stereocenters. The lowest BCUT2D eigenvalue weighted by Gasteiger charge is -2.17. The third-order valence-corrected chi connectivity index (χ3v) is 4.03. The lowest BCUT2D eigenvalue weighted by Crippen LogP contribution is -2.37. The van der Waals surface area contributed by atoms with Crippen LogP contribution in [0.1, 0.15) is 29.7 Å². The van der Waals surface area contributed by atoms with E-state index in [9.17, 15) is 0 Å². The van der Waals surface area contributed by atoms with Crippen molar-refractivity contribution in [1.82, 2.24) is 10.6 Å². The van der Waals surface area contributed by atoms with Gasteiger partial charge in [0.25, 0.3) is 0 Å². The van der Waals surface area contributed by atoms with Crippen molar-refractivity contribution in [2.75, 3.05) is 13.7 Å². The first-order chi connectivity index (χ1) is 11.1. The maximum atomic E-state index is 5.40. The molecule has 0 aliphatic heterocycles. The van der Waals surface area contributed by atoms with Gasteiger partial charge in [-0.25, -0.2) is 0 Å². The maximum absolute atomic E-state index is 5.40. The van der Waals surface area contributed by atoms with Crippen LogP contribution in [0, 0.1) is 6.92 Å². The second kappa shape index (κ2) is 8.53. The lowest BCUT2D eigenvalue weighted by atomic mass is 10.1. The number of methoxy groups -OCH3 is 1. The quantitative estimate of drug-likeness (QED) is 0.791. The van der Waals surface area contributed by atoms with Crippen molar-refractivity contribution in [3.63, 3.8) is 0 Å². The Hall–Kier alpha value is -2.07. The van der Waals surface area contributed by atoms with Gasteiger partial charge in [0.2, 0.25) is 0 Å². The van der Waals surface area contributed by atoms with E-state index in [-0.39, 0.29) is 6.04 Å². The Morgan fingerprint density at radius 2 is 1.91 bits per heavy atom. The van der Waals surface area contributed by atoms with E-state index < -0.39 is 0 Å². The smallest absolute Gasteiger partial charge is 0.166 e. The Bertz CT molecular complexity index is 643. The van der Waals surface area contributed by atoms with E-state index in [1.165, 1.54) is 16.7 Å². The third kappa shape index (κ3) is 5.25. The summed E-state index contributed by atoms with van der Waals surface area (Å²) in [6.07, 6.45) is 0.867. The number of ether oxygens (including phenoxy) is 1. The first kappa shape index (κ1) is 17.3. The molecule has 4 heteroatoms. The van der Waals surface area contributed by atoms with Crippen LogP contribution in [0.25, 0.3) is 0 Å². The van der Waals surface area contributed by atoms with Gasteiger partial charge in [-0.15, -0.1) is 0 Å². The zero-order chi connectivity index (χ0) is 16.7. The first-order valence-corrected chi connectivity index (χ1v) is 8.24. The van der Waals surface area contributed by atoms with Gasteiger partial charge in [-0.3, -0.25) is 0 Å². The number of rotatable bonds is 6. The fourth-order valence-corrected chi connectivity index (χ4v) is 2.76. The number of hydrogen-bond acceptors (Lipinski definition) is 2. The van der Waals surface area contributed by atoms with Crippen LogP contribution in [0.3, 0.4) is 0 Å². The van der Waals surface area contributed by atoms with Crippen molar-refractivity contribution in [2.24, 2.45) is 0 Å². The number of hydrogen-bond donors (Lipinski definition) is 2. The summed E-state index contributed by atoms with van der Waals surface area (Å²) in [7, 11) is 1.70. The second-order valence-electron chi connectivity index (χ2n) is 5.60. The molecular formula is C19H24N2OS. The second-order valence-corrected chi connectivity index (χ2v) is 6.01. The molecule has 0 aliphatic rings. The lowest BCUT2D eigenvalue weighted by molar-refractivity contribution is 0.409. The number of thiocarbonyl (C=S) groups is 1. The minimum Gasteiger partial charge on any atom is -0.496 e. The first-order valence-electron chi connectivity index (χ1n) is 7.83. The molecule has 0 saturated carbocycles. The van der Waals surface area contributed by atoms with Crippen molar-refractivity contribution < 1.29 is 4.74 Å². The number of nitrogens with one attached hydrogen (secondary N) is 2. The topological polar surface area (TPSA) is 33.3 Å². The molecule has 0 amide bonds. The average molecular weight is 328 g/mol. The van der Waals surface area contributed by atoms with Crippen LogP contribution in [0.15, 0.2) is 48.5 Å². The van der Waals surface area contributed by atoms with Gasteiger partial charge in [0, 0.05) is 6.54 Å². The summed E-state index contributed by atoms with van der Waals surface area (Å²) in [5.41, 5.74) is 3.65. The van der Waals surface area contributed by atoms with E-state index in [2.05, 4.69) is 48.7 Å². The van der Waals surface area contributed by atoms with Crippen molar-refractivity contribution in [3.8, 4) is 5.75 Å². The molecule has 0 heterocycles. The molecule has 0 spiro atoms. The molecule has 0 radical (unpaired) electrons. The maximum Gasteiger partial charge on any atom is 0.166 e. The molecule has 2 rings (SSSR count). The summed E-state index contributed by atoms with van der Waals surface area (Å²) in [6.45, 7) is 4.96. The third-order valence-electron chi connectivity index (χ3n) is 3.76. The van der Waals surface area contributed by atoms with Crippen LogP contribution in [0.5, 0.6) is 5.75 Å². The van der Waals surface area contributed by atoms with E-state index in [0.29, 0.717) is 5.11 Å². The van der Waals surface area contributed by atoms with E-state index >= 15 is 0 Å². The molecule has 3 nitrogen and oxygen atoms in total. The van der Waals surface area contributed by atoms with Gasteiger partial charge in [0.05, 0.1) is 13.2 Å². The Labute approximate surface area is 144 Å². The van der Waals surface area contributed by atoms with Gasteiger partial charge >= 0.3 is 0 Å². The SMILES string of the molecule is COc1ccc(C)cc1CCNC(=S)NC(C)c1ccccc1. The molecule has 23 heavy (non-hydrogen) atoms. The van der Waals surface area contributed by atoms with Gasteiger partial charge in [0.15, 0.2) is 5.11 Å². The molecule has 122 valence electrons. The summed E-state index contributed by atoms with van der Waals surface area (Å²) >= 11 is 5.38. The number of benzene rings is 2. The molecule has 2 N–H and O–H groups in total. The Balaban J connectivity index is 1.82. The van der Waals surface area contributed by atoms with E-state index in [1.54, 1.807) is 7.11 Å². The zero-order valence-corrected chi connectivity index (χ0v) is 14.7. The van der Waals surface area contributed by atoms with Gasteiger partial charge < -0.3 is 15.4 Å². The highest BCUT2D eigenvalue weighted by molar-refractivity contribution is 7.80. The molecule has 0 fully saturated rings. The normalized spacial score (nSPS) is 11.6. The minimum atomic E-state index is 0.185. The summed E-state index contributed by atoms with van der Waals surface area (Å²) < 4.78 is 5.40. The molecule has 2 aromatic carbocycles. The predicted molar refractivity (Wildman–Crippen MR) is 100 cm³/mol. The van der Waals surface area contributed by atoms with Gasteiger partial charge in [-0.05, 0) is 49.7 Å². The highest BCUT2D eigenvalue weighted by Crippen LogP contribution is 2.19. The van der Waals surface area contributed by atoms with E-state index in [0.717, 1.165) is 18.7 Å². The van der Waals surface area contributed by atoms with Crippen LogP contribution in [-0.2, 0) is 6.42 Å². The van der Waals surface area contributed by atoms with Crippen LogP contribution in [0.4, 0.5) is 0 Å². The number of aryl methyl sites for hydroxylation is 1. The Morgan fingerprint density at radius 1 is 1.17 bits per heavy atom. The highest BCUT2D eigenvalue weighted by atomic mass is 32.1. The Morgan fingerprint density at radius 3 is 2.61 bits per heavy atom. The molecular weight excluding hydrogens is 304 g/mol. The average Bonchev–Trinajstić information content (AvgIpc) is 2.56.